The van der Waals surface area contributed by atoms with Crippen molar-refractivity contribution in [3.8, 4) is 5.75 Å². The lowest BCUT2D eigenvalue weighted by atomic mass is 10.2. The van der Waals surface area contributed by atoms with Crippen LogP contribution >= 0.6 is 23.2 Å². The third-order valence-electron chi connectivity index (χ3n) is 3.01. The van der Waals surface area contributed by atoms with Crippen molar-refractivity contribution in [1.82, 2.24) is 0 Å². The fourth-order valence-electron chi connectivity index (χ4n) is 1.74. The van der Waals surface area contributed by atoms with E-state index in [9.17, 15) is 13.2 Å². The zero-order valence-corrected chi connectivity index (χ0v) is 15.7. The molecule has 0 aliphatic carbocycles. The Hall–Kier alpha value is -2.65. The molecule has 0 spiro atoms. The maximum Gasteiger partial charge on any atom is 0.490 e. The molecule has 2 rings (SSSR count). The number of nitrogens with two attached hydrogens (primary N) is 2. The molecule has 152 valence electrons. The summed E-state index contributed by atoms with van der Waals surface area (Å²) >= 11 is 12.1. The molecule has 0 aliphatic rings. The quantitative estimate of drug-likeness (QED) is 0.483. The van der Waals surface area contributed by atoms with Gasteiger partial charge >= 0.3 is 12.1 Å². The molecule has 2 aromatic rings. The van der Waals surface area contributed by atoms with Gasteiger partial charge in [-0.15, -0.1) is 0 Å². The van der Waals surface area contributed by atoms with Gasteiger partial charge in [-0.1, -0.05) is 47.5 Å². The van der Waals surface area contributed by atoms with E-state index in [2.05, 4.69) is 4.99 Å². The predicted molar refractivity (Wildman–Crippen MR) is 100 cm³/mol. The highest BCUT2D eigenvalue weighted by atomic mass is 35.5. The summed E-state index contributed by atoms with van der Waals surface area (Å²) in [5.41, 5.74) is 12.4. The summed E-state index contributed by atoms with van der Waals surface area (Å²) in [4.78, 5) is 12.9. The maximum absolute atomic E-state index is 10.6. The summed E-state index contributed by atoms with van der Waals surface area (Å²) in [6, 6.07) is 13.0. The number of nitrogens with zero attached hydrogens (tertiary/aromatic N) is 1. The first-order chi connectivity index (χ1) is 13.0. The molecule has 0 heterocycles. The van der Waals surface area contributed by atoms with Crippen LogP contribution in [-0.4, -0.2) is 23.2 Å². The lowest BCUT2D eigenvalue weighted by Crippen LogP contribution is -2.22. The minimum atomic E-state index is -5.08. The zero-order valence-electron chi connectivity index (χ0n) is 14.2. The molecule has 2 aromatic carbocycles. The van der Waals surface area contributed by atoms with Crippen molar-refractivity contribution in [1.29, 1.82) is 0 Å². The third-order valence-corrected chi connectivity index (χ3v) is 3.87. The van der Waals surface area contributed by atoms with Gasteiger partial charge in [0.15, 0.2) is 5.96 Å². The number of benzene rings is 2. The zero-order chi connectivity index (χ0) is 21.3. The first kappa shape index (κ1) is 23.4. The van der Waals surface area contributed by atoms with Crippen molar-refractivity contribution < 1.29 is 27.8 Å². The number of guanidine groups is 1. The molecular weight excluding hydrogens is 422 g/mol. The van der Waals surface area contributed by atoms with E-state index in [1.54, 1.807) is 6.07 Å². The van der Waals surface area contributed by atoms with Crippen LogP contribution in [0, 0.1) is 0 Å². The summed E-state index contributed by atoms with van der Waals surface area (Å²) in [7, 11) is 0. The first-order valence-corrected chi connectivity index (χ1v) is 8.26. The Bertz CT molecular complexity index is 842. The number of carboxylic acid groups (broad SMARTS) is 1. The van der Waals surface area contributed by atoms with E-state index in [0.717, 1.165) is 11.1 Å². The molecule has 0 aliphatic heterocycles. The summed E-state index contributed by atoms with van der Waals surface area (Å²) in [5, 5.41) is 8.15. The van der Waals surface area contributed by atoms with Crippen LogP contribution in [0.5, 0.6) is 5.75 Å². The van der Waals surface area contributed by atoms with E-state index in [4.69, 9.17) is 49.3 Å². The van der Waals surface area contributed by atoms with E-state index >= 15 is 0 Å². The molecule has 6 nitrogen and oxygen atoms in total. The minimum Gasteiger partial charge on any atom is -0.489 e. The molecule has 11 heteroatoms. The van der Waals surface area contributed by atoms with Crippen LogP contribution < -0.4 is 16.2 Å². The van der Waals surface area contributed by atoms with Gasteiger partial charge in [-0.25, -0.2) is 9.79 Å². The molecule has 0 amide bonds. The maximum atomic E-state index is 10.6. The van der Waals surface area contributed by atoms with E-state index in [0.29, 0.717) is 28.9 Å². The van der Waals surface area contributed by atoms with Gasteiger partial charge in [0.25, 0.3) is 0 Å². The number of halogens is 5. The molecule has 0 saturated carbocycles. The molecule has 0 atom stereocenters. The van der Waals surface area contributed by atoms with Gasteiger partial charge in [-0.05, 0) is 23.8 Å². The Balaban J connectivity index is 0.000000480. The number of rotatable bonds is 5. The first-order valence-electron chi connectivity index (χ1n) is 7.51. The molecule has 0 saturated heterocycles. The minimum absolute atomic E-state index is 0.0621. The van der Waals surface area contributed by atoms with Gasteiger partial charge < -0.3 is 21.3 Å². The Labute approximate surface area is 168 Å². The number of hydrogen-bond acceptors (Lipinski definition) is 3. The molecule has 0 radical (unpaired) electrons. The van der Waals surface area contributed by atoms with Crippen molar-refractivity contribution in [3.63, 3.8) is 0 Å². The summed E-state index contributed by atoms with van der Waals surface area (Å²) in [6.07, 6.45) is -5.08. The Kier molecular flexibility index (Phi) is 8.87. The van der Waals surface area contributed by atoms with E-state index in [1.165, 1.54) is 0 Å². The lowest BCUT2D eigenvalue weighted by molar-refractivity contribution is -0.192. The van der Waals surface area contributed by atoms with Crippen molar-refractivity contribution >= 4 is 35.1 Å². The van der Waals surface area contributed by atoms with E-state index in [1.807, 2.05) is 36.4 Å². The molecule has 28 heavy (non-hydrogen) atoms. The third kappa shape index (κ3) is 8.36. The topological polar surface area (TPSA) is 111 Å². The van der Waals surface area contributed by atoms with Crippen LogP contribution in [0.4, 0.5) is 13.2 Å². The Morgan fingerprint density at radius 2 is 1.75 bits per heavy atom. The van der Waals surface area contributed by atoms with Gasteiger partial charge in [0.2, 0.25) is 0 Å². The number of hydrogen-bond donors (Lipinski definition) is 3. The van der Waals surface area contributed by atoms with E-state index < -0.39 is 12.1 Å². The SMILES string of the molecule is NC(N)=NCc1cccc(OCc2cccc(Cl)c2Cl)c1.O=C(O)C(F)(F)F. The summed E-state index contributed by atoms with van der Waals surface area (Å²) < 4.78 is 37.5. The van der Waals surface area contributed by atoms with Gasteiger partial charge in [-0.2, -0.15) is 13.2 Å². The second-order valence-corrected chi connectivity index (χ2v) is 5.98. The standard InChI is InChI=1S/C15H15Cl2N3O.C2HF3O2/c16-13-6-2-4-11(14(13)17)9-21-12-5-1-3-10(7-12)8-20-15(18)19;3-2(4,5)1(6)7/h1-7H,8-9H2,(H4,18,19,20);(H,6,7). The average molecular weight is 438 g/mol. The van der Waals surface area contributed by atoms with Gasteiger partial charge in [-0.3, -0.25) is 0 Å². The number of alkyl halides is 3. The van der Waals surface area contributed by atoms with Gasteiger partial charge in [0.05, 0.1) is 16.6 Å². The number of aliphatic carboxylic acids is 1. The molecular formula is C17H16Cl2F3N3O3. The highest BCUT2D eigenvalue weighted by Gasteiger charge is 2.38. The number of carbonyl (C=O) groups is 1. The van der Waals surface area contributed by atoms with Crippen molar-refractivity contribution in [2.45, 2.75) is 19.3 Å². The van der Waals surface area contributed by atoms with Crippen molar-refractivity contribution in [2.75, 3.05) is 0 Å². The largest absolute Gasteiger partial charge is 0.490 e. The molecule has 0 unspecified atom stereocenters. The number of aliphatic imine (C=N–C) groups is 1. The number of ether oxygens (including phenoxy) is 1. The normalized spacial score (nSPS) is 10.5. The highest BCUT2D eigenvalue weighted by molar-refractivity contribution is 6.42. The predicted octanol–water partition coefficient (Wildman–Crippen LogP) is 3.98. The Morgan fingerprint density at radius 3 is 2.32 bits per heavy atom. The van der Waals surface area contributed by atoms with Crippen LogP contribution in [-0.2, 0) is 17.9 Å². The van der Waals surface area contributed by atoms with Crippen LogP contribution in [0.1, 0.15) is 11.1 Å². The van der Waals surface area contributed by atoms with Gasteiger partial charge in [0, 0.05) is 5.56 Å². The van der Waals surface area contributed by atoms with Crippen LogP contribution in [0.2, 0.25) is 10.0 Å². The summed E-state index contributed by atoms with van der Waals surface area (Å²) in [5.74, 6) is -1.98. The molecule has 0 aromatic heterocycles. The smallest absolute Gasteiger partial charge is 0.489 e. The molecule has 0 bridgehead atoms. The fraction of sp³-hybridized carbons (Fsp3) is 0.176. The average Bonchev–Trinajstić information content (AvgIpc) is 2.61. The molecule has 5 N–H and O–H groups in total. The fourth-order valence-corrected chi connectivity index (χ4v) is 2.11. The van der Waals surface area contributed by atoms with Gasteiger partial charge in [0.1, 0.15) is 12.4 Å². The Morgan fingerprint density at radius 1 is 1.14 bits per heavy atom. The van der Waals surface area contributed by atoms with E-state index in [-0.39, 0.29) is 5.96 Å². The highest BCUT2D eigenvalue weighted by Crippen LogP contribution is 2.26. The second kappa shape index (κ2) is 10.6. The second-order valence-electron chi connectivity index (χ2n) is 5.19. The number of carboxylic acids is 1. The van der Waals surface area contributed by atoms with Crippen LogP contribution in [0.3, 0.4) is 0 Å². The monoisotopic (exact) mass is 437 g/mol. The molecule has 0 fully saturated rings. The van der Waals surface area contributed by atoms with Crippen molar-refractivity contribution in [3.05, 3.63) is 63.6 Å². The van der Waals surface area contributed by atoms with Crippen LogP contribution in [0.15, 0.2) is 47.5 Å². The lowest BCUT2D eigenvalue weighted by Gasteiger charge is -2.09. The van der Waals surface area contributed by atoms with Crippen LogP contribution in [0.25, 0.3) is 0 Å². The van der Waals surface area contributed by atoms with Crippen molar-refractivity contribution in [2.24, 2.45) is 16.5 Å². The summed E-state index contributed by atoms with van der Waals surface area (Å²) in [6.45, 7) is 0.753.